The molecule has 10 nitrogen and oxygen atoms in total. The molecule has 0 radical (unpaired) electrons. The van der Waals surface area contributed by atoms with Crippen molar-refractivity contribution in [2.24, 2.45) is 4.99 Å². The maximum atomic E-state index is 13.9. The standard InChI is InChI=1S/C33H30N2O8S/c1-5-42-32(39)28-19(2)34-33-35(29(28)22-9-7-11-24(17-22)40-3)30(36)27(44-33)16-20-12-13-25(26(15-20)41-4)43-18-21-8-6-10-23(14-21)31(37)38/h6-17,29H,5,18H2,1-4H3,(H,37,38)/b27-16-/t29-/m0/s1. The third-order valence-electron chi connectivity index (χ3n) is 6.98. The van der Waals surface area contributed by atoms with Gasteiger partial charge in [-0.1, -0.05) is 41.7 Å². The number of carboxylic acids is 1. The van der Waals surface area contributed by atoms with E-state index in [0.717, 1.165) is 0 Å². The fourth-order valence-electron chi connectivity index (χ4n) is 4.92. The molecular formula is C33H30N2O8S. The molecule has 1 aliphatic heterocycles. The number of fused-ring (bicyclic) bond motifs is 1. The quantitative estimate of drug-likeness (QED) is 0.265. The number of hydrogen-bond acceptors (Lipinski definition) is 9. The van der Waals surface area contributed by atoms with Crippen molar-refractivity contribution in [2.45, 2.75) is 26.5 Å². The highest BCUT2D eigenvalue weighted by Gasteiger charge is 2.33. The first-order chi connectivity index (χ1) is 21.2. The average Bonchev–Trinajstić information content (AvgIpc) is 3.33. The van der Waals surface area contributed by atoms with E-state index in [1.54, 1.807) is 81.6 Å². The van der Waals surface area contributed by atoms with Crippen molar-refractivity contribution < 1.29 is 33.6 Å². The van der Waals surface area contributed by atoms with E-state index >= 15 is 0 Å². The molecule has 0 bridgehead atoms. The minimum Gasteiger partial charge on any atom is -0.497 e. The molecule has 1 N–H and O–H groups in total. The number of thiazole rings is 1. The zero-order valence-electron chi connectivity index (χ0n) is 24.5. The number of nitrogens with zero attached hydrogens (tertiary/aromatic N) is 2. The van der Waals surface area contributed by atoms with Crippen LogP contribution in [0.15, 0.2) is 87.8 Å². The van der Waals surface area contributed by atoms with Crippen LogP contribution in [0.25, 0.3) is 6.08 Å². The lowest BCUT2D eigenvalue weighted by Crippen LogP contribution is -2.39. The zero-order chi connectivity index (χ0) is 31.4. The Morgan fingerprint density at radius 1 is 1.02 bits per heavy atom. The van der Waals surface area contributed by atoms with E-state index in [1.165, 1.54) is 29.1 Å². The van der Waals surface area contributed by atoms with Crippen LogP contribution in [0, 0.1) is 0 Å². The fraction of sp³-hybridized carbons (Fsp3) is 0.212. The van der Waals surface area contributed by atoms with Gasteiger partial charge in [-0.2, -0.15) is 0 Å². The predicted octanol–water partition coefficient (Wildman–Crippen LogP) is 4.09. The molecule has 1 atom stereocenters. The van der Waals surface area contributed by atoms with Crippen molar-refractivity contribution in [1.29, 1.82) is 0 Å². The van der Waals surface area contributed by atoms with Gasteiger partial charge in [-0.15, -0.1) is 0 Å². The van der Waals surface area contributed by atoms with Gasteiger partial charge in [-0.05, 0) is 73.0 Å². The molecule has 44 heavy (non-hydrogen) atoms. The molecule has 0 unspecified atom stereocenters. The number of allylic oxidation sites excluding steroid dienone is 1. The highest BCUT2D eigenvalue weighted by Crippen LogP contribution is 2.33. The summed E-state index contributed by atoms with van der Waals surface area (Å²) >= 11 is 1.22. The van der Waals surface area contributed by atoms with Crippen molar-refractivity contribution in [1.82, 2.24) is 4.57 Å². The summed E-state index contributed by atoms with van der Waals surface area (Å²) < 4.78 is 24.2. The van der Waals surface area contributed by atoms with Gasteiger partial charge in [0.15, 0.2) is 16.3 Å². The first kappa shape index (κ1) is 30.3. The lowest BCUT2D eigenvalue weighted by atomic mass is 9.95. The monoisotopic (exact) mass is 614 g/mol. The fourth-order valence-corrected chi connectivity index (χ4v) is 5.96. The lowest BCUT2D eigenvalue weighted by Gasteiger charge is -2.25. The first-order valence-corrected chi connectivity index (χ1v) is 14.5. The summed E-state index contributed by atoms with van der Waals surface area (Å²) in [6.45, 7) is 3.78. The minimum atomic E-state index is -1.01. The highest BCUT2D eigenvalue weighted by atomic mass is 32.1. The maximum absolute atomic E-state index is 13.9. The van der Waals surface area contributed by atoms with E-state index in [2.05, 4.69) is 4.99 Å². The number of esters is 1. The van der Waals surface area contributed by atoms with Gasteiger partial charge in [-0.25, -0.2) is 14.6 Å². The number of ether oxygens (including phenoxy) is 4. The van der Waals surface area contributed by atoms with E-state index < -0.39 is 18.0 Å². The van der Waals surface area contributed by atoms with Crippen LogP contribution in [-0.4, -0.2) is 42.4 Å². The van der Waals surface area contributed by atoms with Crippen LogP contribution in [-0.2, 0) is 16.1 Å². The van der Waals surface area contributed by atoms with Gasteiger partial charge in [-0.3, -0.25) is 9.36 Å². The molecule has 226 valence electrons. The van der Waals surface area contributed by atoms with E-state index in [0.29, 0.717) is 49.0 Å². The first-order valence-electron chi connectivity index (χ1n) is 13.7. The number of carbonyl (C=O) groups excluding carboxylic acids is 1. The summed E-state index contributed by atoms with van der Waals surface area (Å²) in [4.78, 5) is 43.4. The number of methoxy groups -OCH3 is 2. The van der Waals surface area contributed by atoms with Crippen LogP contribution in [0.4, 0.5) is 0 Å². The predicted molar refractivity (Wildman–Crippen MR) is 164 cm³/mol. The second-order valence-electron chi connectivity index (χ2n) is 9.78. The number of aromatic carboxylic acids is 1. The number of carbonyl (C=O) groups is 2. The molecule has 5 rings (SSSR count). The second-order valence-corrected chi connectivity index (χ2v) is 10.8. The smallest absolute Gasteiger partial charge is 0.338 e. The van der Waals surface area contributed by atoms with Crippen molar-refractivity contribution in [2.75, 3.05) is 20.8 Å². The van der Waals surface area contributed by atoms with Crippen molar-refractivity contribution in [3.05, 3.63) is 120 Å². The van der Waals surface area contributed by atoms with Crippen LogP contribution >= 0.6 is 11.3 Å². The molecule has 3 aromatic carbocycles. The second kappa shape index (κ2) is 13.0. The van der Waals surface area contributed by atoms with Gasteiger partial charge >= 0.3 is 11.9 Å². The molecular weight excluding hydrogens is 584 g/mol. The van der Waals surface area contributed by atoms with Crippen molar-refractivity contribution >= 4 is 29.4 Å². The molecule has 1 aliphatic rings. The number of rotatable bonds is 10. The number of hydrogen-bond donors (Lipinski definition) is 1. The molecule has 0 saturated heterocycles. The number of carboxylic acid groups (broad SMARTS) is 1. The molecule has 4 aromatic rings. The Morgan fingerprint density at radius 3 is 2.55 bits per heavy atom. The summed E-state index contributed by atoms with van der Waals surface area (Å²) in [6, 6.07) is 18.2. The highest BCUT2D eigenvalue weighted by molar-refractivity contribution is 7.07. The van der Waals surface area contributed by atoms with E-state index in [9.17, 15) is 19.5 Å². The normalized spacial score (nSPS) is 14.5. The maximum Gasteiger partial charge on any atom is 0.338 e. The Hall–Kier alpha value is -5.16. The molecule has 0 amide bonds. The summed E-state index contributed by atoms with van der Waals surface area (Å²) in [5, 5.41) is 9.25. The van der Waals surface area contributed by atoms with Gasteiger partial charge in [0.2, 0.25) is 0 Å². The summed E-state index contributed by atoms with van der Waals surface area (Å²) in [6.07, 6.45) is 1.73. The van der Waals surface area contributed by atoms with Crippen molar-refractivity contribution in [3.8, 4) is 17.2 Å². The summed E-state index contributed by atoms with van der Waals surface area (Å²) in [7, 11) is 3.07. The molecule has 0 aliphatic carbocycles. The third kappa shape index (κ3) is 6.13. The third-order valence-corrected chi connectivity index (χ3v) is 7.96. The van der Waals surface area contributed by atoms with Gasteiger partial charge in [0.1, 0.15) is 12.4 Å². The Bertz CT molecular complexity index is 1960. The van der Waals surface area contributed by atoms with Gasteiger partial charge < -0.3 is 24.1 Å². The van der Waals surface area contributed by atoms with Crippen LogP contribution in [0.3, 0.4) is 0 Å². The Balaban J connectivity index is 1.52. The SMILES string of the molecule is CCOC(=O)C1=C(C)N=c2s/c(=C\c3ccc(OCc4cccc(C(=O)O)c4)c(OC)c3)c(=O)n2[C@H]1c1cccc(OC)c1. The van der Waals surface area contributed by atoms with E-state index in [4.69, 9.17) is 18.9 Å². The van der Waals surface area contributed by atoms with Crippen LogP contribution in [0.1, 0.15) is 46.9 Å². The van der Waals surface area contributed by atoms with Gasteiger partial charge in [0.25, 0.3) is 5.56 Å². The average molecular weight is 615 g/mol. The largest absolute Gasteiger partial charge is 0.497 e. The zero-order valence-corrected chi connectivity index (χ0v) is 25.3. The molecule has 2 heterocycles. The number of benzene rings is 3. The Morgan fingerprint density at radius 2 is 1.82 bits per heavy atom. The van der Waals surface area contributed by atoms with Gasteiger partial charge in [0.05, 0.1) is 48.2 Å². The molecule has 1 aromatic heterocycles. The van der Waals surface area contributed by atoms with E-state index in [1.807, 2.05) is 6.07 Å². The summed E-state index contributed by atoms with van der Waals surface area (Å²) in [5.41, 5.74) is 2.69. The Kier molecular flexibility index (Phi) is 8.96. The van der Waals surface area contributed by atoms with Gasteiger partial charge in [0, 0.05) is 0 Å². The van der Waals surface area contributed by atoms with Crippen LogP contribution < -0.4 is 29.1 Å². The molecule has 11 heteroatoms. The molecule has 0 spiro atoms. The van der Waals surface area contributed by atoms with Crippen molar-refractivity contribution in [3.63, 3.8) is 0 Å². The lowest BCUT2D eigenvalue weighted by molar-refractivity contribution is -0.139. The minimum absolute atomic E-state index is 0.141. The van der Waals surface area contributed by atoms with Crippen LogP contribution in [0.5, 0.6) is 17.2 Å². The topological polar surface area (TPSA) is 126 Å². The number of aromatic nitrogens is 1. The molecule has 0 saturated carbocycles. The van der Waals surface area contributed by atoms with E-state index in [-0.39, 0.29) is 29.9 Å². The Labute approximate surface area is 256 Å². The summed E-state index contributed by atoms with van der Waals surface area (Å²) in [5.74, 6) is -0.0614. The molecule has 0 fully saturated rings. The van der Waals surface area contributed by atoms with Crippen LogP contribution in [0.2, 0.25) is 0 Å².